The third-order valence-corrected chi connectivity index (χ3v) is 4.16. The molecule has 0 unspecified atom stereocenters. The van der Waals surface area contributed by atoms with Crippen LogP contribution in [0.2, 0.25) is 0 Å². The molecule has 0 aliphatic carbocycles. The molecule has 0 fully saturated rings. The molecule has 0 bridgehead atoms. The number of halogens is 1. The number of benzene rings is 1. The van der Waals surface area contributed by atoms with Gasteiger partial charge in [0.1, 0.15) is 11.4 Å². The van der Waals surface area contributed by atoms with E-state index in [-0.39, 0.29) is 30.0 Å². The Morgan fingerprint density at radius 1 is 1.24 bits per heavy atom. The van der Waals surface area contributed by atoms with Gasteiger partial charge in [-0.3, -0.25) is 4.79 Å². The van der Waals surface area contributed by atoms with Gasteiger partial charge in [0.05, 0.1) is 13.4 Å². The summed E-state index contributed by atoms with van der Waals surface area (Å²) in [5.41, 5.74) is 7.59. The van der Waals surface area contributed by atoms with E-state index in [0.29, 0.717) is 30.2 Å². The van der Waals surface area contributed by atoms with Gasteiger partial charge in [0.25, 0.3) is 5.91 Å². The van der Waals surface area contributed by atoms with Crippen molar-refractivity contribution >= 4 is 29.9 Å². The van der Waals surface area contributed by atoms with Crippen LogP contribution in [-0.4, -0.2) is 39.1 Å². The van der Waals surface area contributed by atoms with Crippen LogP contribution in [0, 0.1) is 0 Å². The summed E-state index contributed by atoms with van der Waals surface area (Å²) >= 11 is 0. The number of nitrogen functional groups attached to an aromatic ring is 1. The fourth-order valence-corrected chi connectivity index (χ4v) is 2.78. The number of anilines is 1. The fourth-order valence-electron chi connectivity index (χ4n) is 2.78. The second-order valence-electron chi connectivity index (χ2n) is 6.04. The molecule has 0 aliphatic rings. The monoisotopic (exact) mass is 414 g/mol. The highest BCUT2D eigenvalue weighted by Gasteiger charge is 2.15. The Bertz CT molecular complexity index is 1130. The summed E-state index contributed by atoms with van der Waals surface area (Å²) in [5, 5.41) is 7.09. The maximum atomic E-state index is 12.5. The minimum Gasteiger partial charge on any atom is -0.497 e. The van der Waals surface area contributed by atoms with E-state index in [1.54, 1.807) is 19.2 Å². The van der Waals surface area contributed by atoms with Crippen LogP contribution in [0.5, 0.6) is 5.75 Å². The van der Waals surface area contributed by atoms with Gasteiger partial charge in [0.2, 0.25) is 11.8 Å². The first kappa shape index (κ1) is 20.2. The number of amides is 1. The number of hydrogen-bond donors (Lipinski definition) is 2. The number of ether oxygens (including phenoxy) is 1. The van der Waals surface area contributed by atoms with Crippen molar-refractivity contribution in [1.29, 1.82) is 0 Å². The summed E-state index contributed by atoms with van der Waals surface area (Å²) in [4.78, 5) is 20.9. The van der Waals surface area contributed by atoms with Crippen molar-refractivity contribution in [3.63, 3.8) is 0 Å². The average molecular weight is 415 g/mol. The van der Waals surface area contributed by atoms with E-state index in [1.165, 1.54) is 16.8 Å². The minimum absolute atomic E-state index is 0. The van der Waals surface area contributed by atoms with Crippen LogP contribution >= 0.6 is 12.4 Å². The topological polar surface area (TPSA) is 121 Å². The van der Waals surface area contributed by atoms with E-state index in [2.05, 4.69) is 20.4 Å². The highest BCUT2D eigenvalue weighted by Crippen LogP contribution is 2.18. The van der Waals surface area contributed by atoms with Crippen molar-refractivity contribution in [2.75, 3.05) is 19.4 Å². The predicted octanol–water partition coefficient (Wildman–Crippen LogP) is 2.37. The van der Waals surface area contributed by atoms with Crippen LogP contribution in [0.1, 0.15) is 16.1 Å². The number of furan rings is 1. The average Bonchev–Trinajstić information content (AvgIpc) is 3.37. The lowest BCUT2D eigenvalue weighted by Crippen LogP contribution is -2.27. The molecular weight excluding hydrogens is 396 g/mol. The molecule has 3 aromatic heterocycles. The lowest BCUT2D eigenvalue weighted by Gasteiger charge is -2.07. The number of carbonyl (C=O) groups excluding carboxylic acids is 1. The summed E-state index contributed by atoms with van der Waals surface area (Å²) in [6.07, 6.45) is 2.19. The highest BCUT2D eigenvalue weighted by atomic mass is 35.5. The van der Waals surface area contributed by atoms with Gasteiger partial charge in [0.15, 0.2) is 11.4 Å². The zero-order valence-electron chi connectivity index (χ0n) is 15.5. The molecule has 0 radical (unpaired) electrons. The first-order valence-corrected chi connectivity index (χ1v) is 8.62. The van der Waals surface area contributed by atoms with Crippen molar-refractivity contribution in [3.8, 4) is 17.3 Å². The number of hydrogen-bond acceptors (Lipinski definition) is 7. The molecule has 0 saturated carbocycles. The summed E-state index contributed by atoms with van der Waals surface area (Å²) in [7, 11) is 1.62. The van der Waals surface area contributed by atoms with Gasteiger partial charge in [-0.15, -0.1) is 17.5 Å². The molecule has 4 aromatic rings. The van der Waals surface area contributed by atoms with Crippen LogP contribution in [0.25, 0.3) is 17.2 Å². The minimum atomic E-state index is -0.334. The predicted molar refractivity (Wildman–Crippen MR) is 109 cm³/mol. The van der Waals surface area contributed by atoms with Gasteiger partial charge in [-0.05, 0) is 36.2 Å². The van der Waals surface area contributed by atoms with Crippen LogP contribution in [-0.2, 0) is 6.42 Å². The number of nitrogens with two attached hydrogens (primary N) is 1. The first-order chi connectivity index (χ1) is 13.6. The Labute approximate surface area is 172 Å². The van der Waals surface area contributed by atoms with E-state index < -0.39 is 0 Å². The Morgan fingerprint density at radius 3 is 2.86 bits per heavy atom. The molecule has 0 spiro atoms. The quantitative estimate of drug-likeness (QED) is 0.496. The zero-order chi connectivity index (χ0) is 19.5. The van der Waals surface area contributed by atoms with Gasteiger partial charge < -0.3 is 20.2 Å². The normalized spacial score (nSPS) is 10.5. The SMILES string of the molecule is COc1cccc(CCNC(=O)c2cc3nc(-c4ccco4)nn3c(N)n2)c1.Cl. The maximum Gasteiger partial charge on any atom is 0.270 e. The number of aromatic nitrogens is 4. The fraction of sp³-hybridized carbons (Fsp3) is 0.158. The van der Waals surface area contributed by atoms with Crippen LogP contribution in [0.15, 0.2) is 53.1 Å². The standard InChI is InChI=1S/C19H18N6O3.ClH/c1-27-13-5-2-4-12(10-13)7-8-21-18(26)14-11-16-23-17(15-6-3-9-28-15)24-25(16)19(20)22-14;/h2-6,9-11H,7-8H2,1H3,(H2,20,22)(H,21,26);1H. The van der Waals surface area contributed by atoms with Gasteiger partial charge >= 0.3 is 0 Å². The number of nitrogens with zero attached hydrogens (tertiary/aromatic N) is 4. The van der Waals surface area contributed by atoms with E-state index in [1.807, 2.05) is 24.3 Å². The summed E-state index contributed by atoms with van der Waals surface area (Å²) < 4.78 is 11.9. The van der Waals surface area contributed by atoms with Gasteiger partial charge in [0, 0.05) is 12.6 Å². The zero-order valence-corrected chi connectivity index (χ0v) is 16.3. The molecule has 9 nitrogen and oxygen atoms in total. The molecule has 150 valence electrons. The van der Waals surface area contributed by atoms with E-state index in [4.69, 9.17) is 14.9 Å². The molecular formula is C19H19ClN6O3. The Balaban J connectivity index is 0.00000240. The third-order valence-electron chi connectivity index (χ3n) is 4.16. The van der Waals surface area contributed by atoms with Crippen molar-refractivity contribution in [3.05, 3.63) is 60.0 Å². The second-order valence-corrected chi connectivity index (χ2v) is 6.04. The van der Waals surface area contributed by atoms with Crippen molar-refractivity contribution in [2.24, 2.45) is 0 Å². The largest absolute Gasteiger partial charge is 0.497 e. The Morgan fingerprint density at radius 2 is 2.10 bits per heavy atom. The van der Waals surface area contributed by atoms with Gasteiger partial charge in [-0.1, -0.05) is 12.1 Å². The number of fused-ring (bicyclic) bond motifs is 1. The van der Waals surface area contributed by atoms with E-state index in [9.17, 15) is 4.79 Å². The number of carbonyl (C=O) groups is 1. The van der Waals surface area contributed by atoms with Gasteiger partial charge in [-0.25, -0.2) is 9.97 Å². The third kappa shape index (κ3) is 4.30. The van der Waals surface area contributed by atoms with Crippen molar-refractivity contribution < 1.29 is 13.9 Å². The molecule has 0 saturated heterocycles. The first-order valence-electron chi connectivity index (χ1n) is 8.62. The lowest BCUT2D eigenvalue weighted by atomic mass is 10.1. The summed E-state index contributed by atoms with van der Waals surface area (Å²) in [5.74, 6) is 1.39. The molecule has 3 heterocycles. The summed E-state index contributed by atoms with van der Waals surface area (Å²) in [6.45, 7) is 0.448. The smallest absolute Gasteiger partial charge is 0.270 e. The molecule has 0 atom stereocenters. The van der Waals surface area contributed by atoms with Crippen LogP contribution < -0.4 is 15.8 Å². The van der Waals surface area contributed by atoms with Gasteiger partial charge in [-0.2, -0.15) is 4.52 Å². The highest BCUT2D eigenvalue weighted by molar-refractivity contribution is 5.93. The van der Waals surface area contributed by atoms with Crippen LogP contribution in [0.3, 0.4) is 0 Å². The van der Waals surface area contributed by atoms with Crippen molar-refractivity contribution in [2.45, 2.75) is 6.42 Å². The molecule has 1 amide bonds. The molecule has 10 heteroatoms. The Kier molecular flexibility index (Phi) is 5.99. The molecule has 29 heavy (non-hydrogen) atoms. The second kappa shape index (κ2) is 8.61. The molecule has 4 rings (SSSR count). The van der Waals surface area contributed by atoms with E-state index in [0.717, 1.165) is 11.3 Å². The van der Waals surface area contributed by atoms with E-state index >= 15 is 0 Å². The molecule has 3 N–H and O–H groups in total. The maximum absolute atomic E-state index is 12.5. The van der Waals surface area contributed by atoms with Crippen molar-refractivity contribution in [1.82, 2.24) is 24.9 Å². The molecule has 0 aliphatic heterocycles. The number of rotatable bonds is 6. The summed E-state index contributed by atoms with van der Waals surface area (Å²) in [6, 6.07) is 12.7. The number of nitrogens with one attached hydrogen (secondary N) is 1. The number of methoxy groups -OCH3 is 1. The Hall–Kier alpha value is -3.59. The molecule has 1 aromatic carbocycles. The van der Waals surface area contributed by atoms with Crippen LogP contribution in [0.4, 0.5) is 5.95 Å². The lowest BCUT2D eigenvalue weighted by molar-refractivity contribution is 0.0949.